The second kappa shape index (κ2) is 5.45. The summed E-state index contributed by atoms with van der Waals surface area (Å²) in [7, 11) is 0. The van der Waals surface area contributed by atoms with E-state index in [0.29, 0.717) is 6.42 Å². The van der Waals surface area contributed by atoms with Gasteiger partial charge in [-0.2, -0.15) is 0 Å². The standard InChI is InChI=1S/C10H13NO2/c12-4-2-1-3-9-5-10(8-13)7-11-6-9/h1,3,5-7,12-13H,2,4,8H2. The predicted molar refractivity (Wildman–Crippen MR) is 50.9 cm³/mol. The van der Waals surface area contributed by atoms with Crippen molar-refractivity contribution in [2.45, 2.75) is 13.0 Å². The van der Waals surface area contributed by atoms with Crippen LogP contribution in [0, 0.1) is 0 Å². The van der Waals surface area contributed by atoms with Gasteiger partial charge in [0.05, 0.1) is 6.61 Å². The van der Waals surface area contributed by atoms with Crippen LogP contribution in [0.25, 0.3) is 6.08 Å². The third-order valence-corrected chi connectivity index (χ3v) is 1.60. The molecule has 0 saturated carbocycles. The van der Waals surface area contributed by atoms with Crippen molar-refractivity contribution in [3.05, 3.63) is 35.7 Å². The van der Waals surface area contributed by atoms with Crippen molar-refractivity contribution in [3.8, 4) is 0 Å². The first kappa shape index (κ1) is 9.89. The maximum Gasteiger partial charge on any atom is 0.0697 e. The highest BCUT2D eigenvalue weighted by molar-refractivity contribution is 5.48. The van der Waals surface area contributed by atoms with E-state index in [0.717, 1.165) is 11.1 Å². The van der Waals surface area contributed by atoms with Crippen molar-refractivity contribution in [1.82, 2.24) is 4.98 Å². The number of rotatable bonds is 4. The second-order valence-electron chi connectivity index (χ2n) is 2.70. The van der Waals surface area contributed by atoms with Crippen LogP contribution in [0.15, 0.2) is 24.5 Å². The van der Waals surface area contributed by atoms with E-state index in [4.69, 9.17) is 10.2 Å². The van der Waals surface area contributed by atoms with Gasteiger partial charge in [-0.15, -0.1) is 0 Å². The fraction of sp³-hybridized carbons (Fsp3) is 0.300. The number of hydrogen-bond acceptors (Lipinski definition) is 3. The van der Waals surface area contributed by atoms with Gasteiger partial charge in [0.25, 0.3) is 0 Å². The van der Waals surface area contributed by atoms with Crippen LogP contribution in [0.4, 0.5) is 0 Å². The molecule has 13 heavy (non-hydrogen) atoms. The molecule has 0 aliphatic carbocycles. The summed E-state index contributed by atoms with van der Waals surface area (Å²) in [5.41, 5.74) is 1.74. The van der Waals surface area contributed by atoms with Crippen LogP contribution >= 0.6 is 0 Å². The van der Waals surface area contributed by atoms with Crippen LogP contribution in [0.1, 0.15) is 17.5 Å². The van der Waals surface area contributed by atoms with Gasteiger partial charge in [-0.3, -0.25) is 4.98 Å². The summed E-state index contributed by atoms with van der Waals surface area (Å²) < 4.78 is 0. The lowest BCUT2D eigenvalue weighted by Gasteiger charge is -1.96. The zero-order valence-corrected chi connectivity index (χ0v) is 7.35. The highest BCUT2D eigenvalue weighted by atomic mass is 16.3. The van der Waals surface area contributed by atoms with Gasteiger partial charge < -0.3 is 10.2 Å². The molecule has 0 spiro atoms. The first-order valence-electron chi connectivity index (χ1n) is 4.19. The number of aliphatic hydroxyl groups excluding tert-OH is 2. The van der Waals surface area contributed by atoms with Gasteiger partial charge >= 0.3 is 0 Å². The average Bonchev–Trinajstić information content (AvgIpc) is 2.19. The maximum atomic E-state index is 8.83. The molecule has 0 unspecified atom stereocenters. The second-order valence-corrected chi connectivity index (χ2v) is 2.70. The molecule has 1 aromatic heterocycles. The first-order valence-corrected chi connectivity index (χ1v) is 4.19. The molecule has 0 bridgehead atoms. The molecule has 3 nitrogen and oxygen atoms in total. The molecular weight excluding hydrogens is 166 g/mol. The van der Waals surface area contributed by atoms with Crippen LogP contribution in [0.5, 0.6) is 0 Å². The lowest BCUT2D eigenvalue weighted by molar-refractivity contribution is 0.281. The van der Waals surface area contributed by atoms with Crippen LogP contribution in [-0.4, -0.2) is 21.8 Å². The van der Waals surface area contributed by atoms with E-state index >= 15 is 0 Å². The molecule has 1 rings (SSSR count). The monoisotopic (exact) mass is 179 g/mol. The molecule has 0 amide bonds. The summed E-state index contributed by atoms with van der Waals surface area (Å²) in [6.45, 7) is 0.165. The highest BCUT2D eigenvalue weighted by Gasteiger charge is 1.91. The molecule has 0 aliphatic heterocycles. The number of nitrogens with zero attached hydrogens (tertiary/aromatic N) is 1. The van der Waals surface area contributed by atoms with E-state index in [-0.39, 0.29) is 13.2 Å². The van der Waals surface area contributed by atoms with E-state index in [1.54, 1.807) is 12.4 Å². The number of hydrogen-bond donors (Lipinski definition) is 2. The highest BCUT2D eigenvalue weighted by Crippen LogP contribution is 2.04. The molecule has 2 N–H and O–H groups in total. The summed E-state index contributed by atoms with van der Waals surface area (Å²) >= 11 is 0. The Labute approximate surface area is 77.4 Å². The Balaban J connectivity index is 2.66. The molecular formula is C10H13NO2. The van der Waals surface area contributed by atoms with Crippen LogP contribution in [0.3, 0.4) is 0 Å². The molecule has 0 saturated heterocycles. The summed E-state index contributed by atoms with van der Waals surface area (Å²) in [6, 6.07) is 1.86. The van der Waals surface area contributed by atoms with Crippen molar-refractivity contribution in [2.24, 2.45) is 0 Å². The summed E-state index contributed by atoms with van der Waals surface area (Å²) in [5.74, 6) is 0. The normalized spacial score (nSPS) is 10.9. The molecule has 0 atom stereocenters. The molecule has 70 valence electrons. The van der Waals surface area contributed by atoms with Gasteiger partial charge in [0.2, 0.25) is 0 Å². The minimum absolute atomic E-state index is 0.00861. The van der Waals surface area contributed by atoms with Crippen molar-refractivity contribution in [1.29, 1.82) is 0 Å². The van der Waals surface area contributed by atoms with Crippen molar-refractivity contribution < 1.29 is 10.2 Å². The van der Waals surface area contributed by atoms with E-state index in [1.807, 2.05) is 18.2 Å². The fourth-order valence-electron chi connectivity index (χ4n) is 0.979. The van der Waals surface area contributed by atoms with E-state index in [2.05, 4.69) is 4.98 Å². The number of aliphatic hydroxyl groups is 2. The lowest BCUT2D eigenvalue weighted by Crippen LogP contribution is -1.86. The molecule has 0 aromatic carbocycles. The van der Waals surface area contributed by atoms with E-state index in [1.165, 1.54) is 0 Å². The maximum absolute atomic E-state index is 8.83. The van der Waals surface area contributed by atoms with Crippen LogP contribution < -0.4 is 0 Å². The van der Waals surface area contributed by atoms with Gasteiger partial charge in [-0.25, -0.2) is 0 Å². The third kappa shape index (κ3) is 3.36. The average molecular weight is 179 g/mol. The molecule has 0 radical (unpaired) electrons. The molecule has 0 aliphatic rings. The molecule has 0 fully saturated rings. The molecule has 1 aromatic rings. The Hall–Kier alpha value is -1.19. The quantitative estimate of drug-likeness (QED) is 0.724. The third-order valence-electron chi connectivity index (χ3n) is 1.60. The zero-order chi connectivity index (χ0) is 9.52. The topological polar surface area (TPSA) is 53.4 Å². The van der Waals surface area contributed by atoms with Gasteiger partial charge in [0.1, 0.15) is 0 Å². The Morgan fingerprint density at radius 1 is 1.31 bits per heavy atom. The van der Waals surface area contributed by atoms with Gasteiger partial charge in [-0.1, -0.05) is 12.2 Å². The smallest absolute Gasteiger partial charge is 0.0697 e. The minimum atomic E-state index is 0.00861. The summed E-state index contributed by atoms with van der Waals surface area (Å²) in [4.78, 5) is 3.96. The zero-order valence-electron chi connectivity index (χ0n) is 7.35. The predicted octanol–water partition coefficient (Wildman–Crippen LogP) is 0.969. The van der Waals surface area contributed by atoms with Gasteiger partial charge in [0, 0.05) is 19.0 Å². The van der Waals surface area contributed by atoms with Crippen molar-refractivity contribution >= 4 is 6.08 Å². The van der Waals surface area contributed by atoms with Gasteiger partial charge in [-0.05, 0) is 23.6 Å². The number of aromatic nitrogens is 1. The molecule has 3 heteroatoms. The van der Waals surface area contributed by atoms with E-state index < -0.39 is 0 Å². The summed E-state index contributed by atoms with van der Waals surface area (Å²) in [6.07, 6.45) is 7.74. The Kier molecular flexibility index (Phi) is 4.15. The van der Waals surface area contributed by atoms with E-state index in [9.17, 15) is 0 Å². The van der Waals surface area contributed by atoms with Crippen molar-refractivity contribution in [3.63, 3.8) is 0 Å². The van der Waals surface area contributed by atoms with Crippen LogP contribution in [-0.2, 0) is 6.61 Å². The van der Waals surface area contributed by atoms with Crippen LogP contribution in [0.2, 0.25) is 0 Å². The Morgan fingerprint density at radius 2 is 2.15 bits per heavy atom. The number of pyridine rings is 1. The SMILES string of the molecule is OCCC=Cc1cncc(CO)c1. The fourth-order valence-corrected chi connectivity index (χ4v) is 0.979. The first-order chi connectivity index (χ1) is 6.36. The summed E-state index contributed by atoms with van der Waals surface area (Å²) in [5, 5.41) is 17.4. The Morgan fingerprint density at radius 3 is 2.85 bits per heavy atom. The largest absolute Gasteiger partial charge is 0.396 e. The lowest BCUT2D eigenvalue weighted by atomic mass is 10.2. The van der Waals surface area contributed by atoms with Crippen molar-refractivity contribution in [2.75, 3.05) is 6.61 Å². The molecule has 1 heterocycles. The Bertz CT molecular complexity index is 284. The van der Waals surface area contributed by atoms with Gasteiger partial charge in [0.15, 0.2) is 0 Å². The minimum Gasteiger partial charge on any atom is -0.396 e.